The summed E-state index contributed by atoms with van der Waals surface area (Å²) < 4.78 is 41.9. The Hall–Kier alpha value is -2.72. The number of fused-ring (bicyclic) bond motifs is 1. The predicted molar refractivity (Wildman–Crippen MR) is 97.9 cm³/mol. The lowest BCUT2D eigenvalue weighted by Gasteiger charge is -2.20. The third-order valence-electron chi connectivity index (χ3n) is 4.37. The number of benzene rings is 1. The van der Waals surface area contributed by atoms with Gasteiger partial charge < -0.3 is 13.7 Å². The molecule has 0 aliphatic carbocycles. The minimum atomic E-state index is -4.35. The topological polar surface area (TPSA) is 114 Å². The first-order chi connectivity index (χ1) is 13.4. The van der Waals surface area contributed by atoms with Gasteiger partial charge in [-0.1, -0.05) is 25.1 Å². The van der Waals surface area contributed by atoms with Crippen LogP contribution in [0.2, 0.25) is 0 Å². The third-order valence-corrected chi connectivity index (χ3v) is 5.60. The second-order valence-electron chi connectivity index (χ2n) is 6.11. The highest BCUT2D eigenvalue weighted by molar-refractivity contribution is 7.87. The Kier molecular flexibility index (Phi) is 5.80. The Morgan fingerprint density at radius 3 is 2.68 bits per heavy atom. The molecule has 3 rings (SSSR count). The van der Waals surface area contributed by atoms with E-state index in [0.29, 0.717) is 25.3 Å². The summed E-state index contributed by atoms with van der Waals surface area (Å²) in [6.07, 6.45) is 0.846. The maximum absolute atomic E-state index is 13.2. The SMILES string of the molecule is CCC1COCCc2nc(C(=O)OC)c(OS(=O)(=O)c3ccccc3)c(=O)n21. The van der Waals surface area contributed by atoms with E-state index in [9.17, 15) is 18.0 Å². The molecule has 2 aromatic rings. The Bertz CT molecular complexity index is 1030. The average molecular weight is 408 g/mol. The van der Waals surface area contributed by atoms with E-state index >= 15 is 0 Å². The van der Waals surface area contributed by atoms with E-state index in [0.717, 1.165) is 7.11 Å². The largest absolute Gasteiger partial charge is 0.464 e. The van der Waals surface area contributed by atoms with E-state index < -0.39 is 33.1 Å². The Morgan fingerprint density at radius 1 is 1.32 bits per heavy atom. The fourth-order valence-electron chi connectivity index (χ4n) is 2.93. The summed E-state index contributed by atoms with van der Waals surface area (Å²) in [5.41, 5.74) is -1.24. The molecule has 0 radical (unpaired) electrons. The van der Waals surface area contributed by atoms with Crippen molar-refractivity contribution < 1.29 is 26.9 Å². The van der Waals surface area contributed by atoms with Gasteiger partial charge in [-0.25, -0.2) is 9.78 Å². The molecule has 10 heteroatoms. The molecule has 2 heterocycles. The molecular formula is C18H20N2O7S. The summed E-state index contributed by atoms with van der Waals surface area (Å²) in [7, 11) is -3.24. The second kappa shape index (κ2) is 8.11. The summed E-state index contributed by atoms with van der Waals surface area (Å²) in [6, 6.07) is 6.97. The van der Waals surface area contributed by atoms with Crippen molar-refractivity contribution in [1.82, 2.24) is 9.55 Å². The first-order valence-corrected chi connectivity index (χ1v) is 10.1. The van der Waals surface area contributed by atoms with Crippen molar-refractivity contribution in [2.75, 3.05) is 20.3 Å². The number of hydrogen-bond acceptors (Lipinski definition) is 8. The molecule has 0 N–H and O–H groups in total. The molecule has 1 aromatic heterocycles. The van der Waals surface area contributed by atoms with Gasteiger partial charge in [0, 0.05) is 6.42 Å². The maximum atomic E-state index is 13.2. The van der Waals surface area contributed by atoms with Gasteiger partial charge in [0.25, 0.3) is 5.56 Å². The molecular weight excluding hydrogens is 388 g/mol. The van der Waals surface area contributed by atoms with Crippen LogP contribution in [0, 0.1) is 0 Å². The molecule has 1 aliphatic rings. The van der Waals surface area contributed by atoms with E-state index in [4.69, 9.17) is 8.92 Å². The maximum Gasteiger partial charge on any atom is 0.360 e. The van der Waals surface area contributed by atoms with Crippen molar-refractivity contribution >= 4 is 16.1 Å². The molecule has 0 amide bonds. The van der Waals surface area contributed by atoms with E-state index in [2.05, 4.69) is 9.72 Å². The van der Waals surface area contributed by atoms with Crippen LogP contribution in [-0.4, -0.2) is 44.3 Å². The quantitative estimate of drug-likeness (QED) is 0.538. The molecule has 150 valence electrons. The van der Waals surface area contributed by atoms with Gasteiger partial charge in [0.1, 0.15) is 10.7 Å². The number of esters is 1. The number of aromatic nitrogens is 2. The van der Waals surface area contributed by atoms with Gasteiger partial charge in [0.05, 0.1) is 26.4 Å². The van der Waals surface area contributed by atoms with Crippen LogP contribution in [0.4, 0.5) is 0 Å². The Labute approximate surface area is 162 Å². The van der Waals surface area contributed by atoms with E-state index in [1.807, 2.05) is 6.92 Å². The molecule has 0 fully saturated rings. The van der Waals surface area contributed by atoms with Crippen LogP contribution in [0.1, 0.15) is 35.7 Å². The van der Waals surface area contributed by atoms with E-state index in [-0.39, 0.29) is 17.5 Å². The van der Waals surface area contributed by atoms with E-state index in [1.54, 1.807) is 6.07 Å². The summed E-state index contributed by atoms with van der Waals surface area (Å²) in [5, 5.41) is 0. The molecule has 0 bridgehead atoms. The van der Waals surface area contributed by atoms with Gasteiger partial charge in [-0.3, -0.25) is 9.36 Å². The number of carbonyl (C=O) groups excluding carboxylic acids is 1. The van der Waals surface area contributed by atoms with Gasteiger partial charge >= 0.3 is 16.1 Å². The van der Waals surface area contributed by atoms with Crippen LogP contribution < -0.4 is 9.74 Å². The van der Waals surface area contributed by atoms with Crippen molar-refractivity contribution in [3.05, 3.63) is 52.2 Å². The molecule has 1 aliphatic heterocycles. The number of ether oxygens (including phenoxy) is 2. The van der Waals surface area contributed by atoms with Gasteiger partial charge in [0.15, 0.2) is 5.69 Å². The number of hydrogen-bond donors (Lipinski definition) is 0. The van der Waals surface area contributed by atoms with E-state index in [1.165, 1.54) is 28.8 Å². The first-order valence-electron chi connectivity index (χ1n) is 8.70. The molecule has 0 saturated heterocycles. The first kappa shape index (κ1) is 20.0. The zero-order valence-corrected chi connectivity index (χ0v) is 16.3. The van der Waals surface area contributed by atoms with Gasteiger partial charge in [0.2, 0.25) is 5.75 Å². The number of carbonyl (C=O) groups is 1. The zero-order valence-electron chi connectivity index (χ0n) is 15.5. The predicted octanol–water partition coefficient (Wildman–Crippen LogP) is 1.32. The molecule has 28 heavy (non-hydrogen) atoms. The van der Waals surface area contributed by atoms with Crippen LogP contribution in [0.5, 0.6) is 5.75 Å². The molecule has 0 spiro atoms. The van der Waals surface area contributed by atoms with Crippen LogP contribution in [0.3, 0.4) is 0 Å². The highest BCUT2D eigenvalue weighted by Crippen LogP contribution is 2.23. The van der Waals surface area contributed by atoms with Gasteiger partial charge in [-0.2, -0.15) is 8.42 Å². The lowest BCUT2D eigenvalue weighted by atomic mass is 10.2. The molecule has 0 saturated carbocycles. The minimum absolute atomic E-state index is 0.152. The smallest absolute Gasteiger partial charge is 0.360 e. The number of nitrogens with zero attached hydrogens (tertiary/aromatic N) is 2. The molecule has 1 aromatic carbocycles. The van der Waals surface area contributed by atoms with Crippen molar-refractivity contribution in [3.8, 4) is 5.75 Å². The number of rotatable bonds is 5. The van der Waals surface area contributed by atoms with Crippen LogP contribution in [-0.2, 0) is 26.0 Å². The Balaban J connectivity index is 2.20. The monoisotopic (exact) mass is 408 g/mol. The summed E-state index contributed by atoms with van der Waals surface area (Å²) in [5.74, 6) is -1.32. The molecule has 1 atom stereocenters. The van der Waals surface area contributed by atoms with Gasteiger partial charge in [-0.05, 0) is 18.6 Å². The summed E-state index contributed by atoms with van der Waals surface area (Å²) in [4.78, 5) is 29.4. The lowest BCUT2D eigenvalue weighted by molar-refractivity contribution is 0.0590. The van der Waals surface area contributed by atoms with Crippen LogP contribution >= 0.6 is 0 Å². The minimum Gasteiger partial charge on any atom is -0.464 e. The third kappa shape index (κ3) is 3.78. The molecule has 9 nitrogen and oxygen atoms in total. The summed E-state index contributed by atoms with van der Waals surface area (Å²) >= 11 is 0. The molecule has 1 unspecified atom stereocenters. The fraction of sp³-hybridized carbons (Fsp3) is 0.389. The zero-order chi connectivity index (χ0) is 20.3. The van der Waals surface area contributed by atoms with Crippen molar-refractivity contribution in [2.45, 2.75) is 30.7 Å². The van der Waals surface area contributed by atoms with Crippen LogP contribution in [0.15, 0.2) is 40.0 Å². The van der Waals surface area contributed by atoms with Crippen molar-refractivity contribution in [3.63, 3.8) is 0 Å². The lowest BCUT2D eigenvalue weighted by Crippen LogP contribution is -2.33. The highest BCUT2D eigenvalue weighted by Gasteiger charge is 2.31. The number of methoxy groups -OCH3 is 1. The standard InChI is InChI=1S/C18H20N2O7S/c1-3-12-11-26-10-9-14-19-15(18(22)25-2)16(17(21)20(12)14)27-28(23,24)13-7-5-4-6-8-13/h4-8,12H,3,9-11H2,1-2H3. The second-order valence-corrected chi connectivity index (χ2v) is 7.66. The normalized spacial score (nSPS) is 16.7. The average Bonchev–Trinajstić information content (AvgIpc) is 2.92. The van der Waals surface area contributed by atoms with Crippen molar-refractivity contribution in [2.24, 2.45) is 0 Å². The Morgan fingerprint density at radius 2 is 2.04 bits per heavy atom. The van der Waals surface area contributed by atoms with Crippen LogP contribution in [0.25, 0.3) is 0 Å². The fourth-order valence-corrected chi connectivity index (χ4v) is 3.88. The highest BCUT2D eigenvalue weighted by atomic mass is 32.2. The van der Waals surface area contributed by atoms with Crippen molar-refractivity contribution in [1.29, 1.82) is 0 Å². The summed E-state index contributed by atoms with van der Waals surface area (Å²) in [6.45, 7) is 2.46. The van der Waals surface area contributed by atoms with Gasteiger partial charge in [-0.15, -0.1) is 0 Å².